The molecule has 90 valence electrons. The van der Waals surface area contributed by atoms with E-state index < -0.39 is 10.8 Å². The molecule has 0 saturated carbocycles. The molecule has 0 amide bonds. The molecule has 2 heterocycles. The Morgan fingerprint density at radius 2 is 2.29 bits per heavy atom. The summed E-state index contributed by atoms with van der Waals surface area (Å²) in [5, 5.41) is 3.74. The van der Waals surface area contributed by atoms with Gasteiger partial charge in [0.1, 0.15) is 16.3 Å². The Morgan fingerprint density at radius 3 is 3.06 bits per heavy atom. The highest BCUT2D eigenvalue weighted by molar-refractivity contribution is 7.85. The van der Waals surface area contributed by atoms with Crippen molar-refractivity contribution < 1.29 is 8.63 Å². The summed E-state index contributed by atoms with van der Waals surface area (Å²) in [5.41, 5.74) is 1.49. The lowest BCUT2D eigenvalue weighted by molar-refractivity contribution is 0.463. The van der Waals surface area contributed by atoms with Gasteiger partial charge in [-0.3, -0.25) is 0 Å². The van der Waals surface area contributed by atoms with Crippen LogP contribution in [0.5, 0.6) is 0 Å². The van der Waals surface area contributed by atoms with E-state index in [0.717, 1.165) is 31.4 Å². The standard InChI is InChI=1S/C12H14N2O2S/c15-17(9-4-3-7-13-8-9)12-14-10-5-1-2-6-11(10)16-12/h1-2,5-6,9,13H,3-4,7-8H2/t9-,17-/m0/s1. The average Bonchev–Trinajstić information content (AvgIpc) is 2.82. The third kappa shape index (κ3) is 2.12. The number of nitrogens with one attached hydrogen (secondary N) is 1. The third-order valence-corrected chi connectivity index (χ3v) is 4.53. The molecule has 1 aliphatic rings. The van der Waals surface area contributed by atoms with Crippen LogP contribution in [-0.4, -0.2) is 27.5 Å². The summed E-state index contributed by atoms with van der Waals surface area (Å²) in [5.74, 6) is 0. The van der Waals surface area contributed by atoms with Gasteiger partial charge < -0.3 is 9.73 Å². The highest BCUT2D eigenvalue weighted by atomic mass is 32.2. The number of benzene rings is 1. The predicted molar refractivity (Wildman–Crippen MR) is 66.3 cm³/mol. The first-order valence-corrected chi connectivity index (χ1v) is 7.03. The Morgan fingerprint density at radius 1 is 1.41 bits per heavy atom. The van der Waals surface area contributed by atoms with Crippen molar-refractivity contribution >= 4 is 21.9 Å². The number of piperidine rings is 1. The summed E-state index contributed by atoms with van der Waals surface area (Å²) in [4.78, 5) is 4.29. The summed E-state index contributed by atoms with van der Waals surface area (Å²) in [6.07, 6.45) is 2.04. The molecule has 1 saturated heterocycles. The first kappa shape index (κ1) is 10.9. The molecule has 17 heavy (non-hydrogen) atoms. The van der Waals surface area contributed by atoms with Gasteiger partial charge in [0.2, 0.25) is 0 Å². The molecule has 0 bridgehead atoms. The molecule has 1 fully saturated rings. The smallest absolute Gasteiger partial charge is 0.288 e. The Balaban J connectivity index is 1.89. The van der Waals surface area contributed by atoms with Crippen LogP contribution < -0.4 is 5.32 Å². The fraction of sp³-hybridized carbons (Fsp3) is 0.417. The highest BCUT2D eigenvalue weighted by Crippen LogP contribution is 2.21. The van der Waals surface area contributed by atoms with E-state index in [1.165, 1.54) is 0 Å². The summed E-state index contributed by atoms with van der Waals surface area (Å²) in [7, 11) is -1.14. The zero-order chi connectivity index (χ0) is 11.7. The minimum Gasteiger partial charge on any atom is -0.430 e. The normalized spacial score (nSPS) is 22.7. The molecule has 5 heteroatoms. The Kier molecular flexibility index (Phi) is 2.94. The van der Waals surface area contributed by atoms with Gasteiger partial charge in [-0.25, -0.2) is 9.19 Å². The lowest BCUT2D eigenvalue weighted by atomic mass is 10.2. The van der Waals surface area contributed by atoms with Gasteiger partial charge in [0, 0.05) is 6.54 Å². The first-order valence-electron chi connectivity index (χ1n) is 5.81. The maximum Gasteiger partial charge on any atom is 0.288 e. The summed E-state index contributed by atoms with van der Waals surface area (Å²) < 4.78 is 17.8. The summed E-state index contributed by atoms with van der Waals surface area (Å²) >= 11 is 0. The molecule has 0 spiro atoms. The zero-order valence-electron chi connectivity index (χ0n) is 9.39. The molecule has 0 unspecified atom stereocenters. The SMILES string of the molecule is O=[S@](c1nc2ccccc2o1)[C@H]1CCCNC1. The van der Waals surface area contributed by atoms with Crippen LogP contribution in [0.3, 0.4) is 0 Å². The van der Waals surface area contributed by atoms with Crippen molar-refractivity contribution in [3.63, 3.8) is 0 Å². The van der Waals surface area contributed by atoms with Gasteiger partial charge >= 0.3 is 0 Å². The molecule has 1 aliphatic heterocycles. The number of fused-ring (bicyclic) bond motifs is 1. The van der Waals surface area contributed by atoms with Gasteiger partial charge in [0.15, 0.2) is 5.58 Å². The number of hydrogen-bond donors (Lipinski definition) is 1. The molecule has 1 N–H and O–H groups in total. The number of aromatic nitrogens is 1. The molecule has 2 atom stereocenters. The second kappa shape index (κ2) is 4.58. The first-order chi connectivity index (χ1) is 8.34. The molecule has 1 aromatic heterocycles. The van der Waals surface area contributed by atoms with Crippen molar-refractivity contribution in [1.82, 2.24) is 10.3 Å². The molecular weight excluding hydrogens is 236 g/mol. The lowest BCUT2D eigenvalue weighted by Gasteiger charge is -2.20. The average molecular weight is 250 g/mol. The van der Waals surface area contributed by atoms with E-state index >= 15 is 0 Å². The van der Waals surface area contributed by atoms with Crippen molar-refractivity contribution in [2.75, 3.05) is 13.1 Å². The highest BCUT2D eigenvalue weighted by Gasteiger charge is 2.24. The maximum atomic E-state index is 12.3. The van der Waals surface area contributed by atoms with Crippen molar-refractivity contribution in [2.24, 2.45) is 0 Å². The van der Waals surface area contributed by atoms with Gasteiger partial charge in [-0.1, -0.05) is 12.1 Å². The monoisotopic (exact) mass is 250 g/mol. The van der Waals surface area contributed by atoms with Crippen molar-refractivity contribution in [2.45, 2.75) is 23.3 Å². The molecule has 4 nitrogen and oxygen atoms in total. The predicted octanol–water partition coefficient (Wildman–Crippen LogP) is 1.69. The van der Waals surface area contributed by atoms with E-state index in [9.17, 15) is 4.21 Å². The van der Waals surface area contributed by atoms with Gasteiger partial charge in [-0.05, 0) is 31.5 Å². The fourth-order valence-corrected chi connectivity index (χ4v) is 3.38. The Labute approximate surface area is 102 Å². The van der Waals surface area contributed by atoms with Crippen LogP contribution >= 0.6 is 0 Å². The molecular formula is C12H14N2O2S. The van der Waals surface area contributed by atoms with E-state index in [1.54, 1.807) is 0 Å². The fourth-order valence-electron chi connectivity index (χ4n) is 2.08. The van der Waals surface area contributed by atoms with Crippen LogP contribution in [0.4, 0.5) is 0 Å². The summed E-state index contributed by atoms with van der Waals surface area (Å²) in [6.45, 7) is 1.80. The van der Waals surface area contributed by atoms with Crippen LogP contribution in [0.25, 0.3) is 11.1 Å². The lowest BCUT2D eigenvalue weighted by Crippen LogP contribution is -2.36. The molecule has 3 rings (SSSR count). The van der Waals surface area contributed by atoms with Crippen LogP contribution in [-0.2, 0) is 10.8 Å². The van der Waals surface area contributed by atoms with Crippen LogP contribution in [0.1, 0.15) is 12.8 Å². The largest absolute Gasteiger partial charge is 0.430 e. The van der Waals surface area contributed by atoms with E-state index in [-0.39, 0.29) is 5.25 Å². The number of para-hydroxylation sites is 2. The summed E-state index contributed by atoms with van der Waals surface area (Å²) in [6, 6.07) is 7.52. The minimum absolute atomic E-state index is 0.122. The van der Waals surface area contributed by atoms with Gasteiger partial charge in [0.25, 0.3) is 5.22 Å². The third-order valence-electron chi connectivity index (χ3n) is 3.00. The van der Waals surface area contributed by atoms with Gasteiger partial charge in [-0.15, -0.1) is 0 Å². The number of nitrogens with zero attached hydrogens (tertiary/aromatic N) is 1. The van der Waals surface area contributed by atoms with Crippen LogP contribution in [0, 0.1) is 0 Å². The Bertz CT molecular complexity index is 513. The zero-order valence-corrected chi connectivity index (χ0v) is 10.2. The van der Waals surface area contributed by atoms with Gasteiger partial charge in [0.05, 0.1) is 5.25 Å². The molecule has 2 aromatic rings. The van der Waals surface area contributed by atoms with E-state index in [0.29, 0.717) is 10.8 Å². The number of hydrogen-bond acceptors (Lipinski definition) is 4. The topological polar surface area (TPSA) is 55.1 Å². The van der Waals surface area contributed by atoms with E-state index in [2.05, 4.69) is 10.3 Å². The maximum absolute atomic E-state index is 12.3. The quantitative estimate of drug-likeness (QED) is 0.881. The van der Waals surface area contributed by atoms with Crippen LogP contribution in [0.15, 0.2) is 33.9 Å². The number of oxazole rings is 1. The van der Waals surface area contributed by atoms with E-state index in [4.69, 9.17) is 4.42 Å². The van der Waals surface area contributed by atoms with Crippen LogP contribution in [0.2, 0.25) is 0 Å². The van der Waals surface area contributed by atoms with Gasteiger partial charge in [-0.2, -0.15) is 0 Å². The number of rotatable bonds is 2. The molecule has 1 aromatic carbocycles. The Hall–Kier alpha value is -1.20. The second-order valence-corrected chi connectivity index (χ2v) is 5.82. The van der Waals surface area contributed by atoms with Crippen molar-refractivity contribution in [3.8, 4) is 0 Å². The van der Waals surface area contributed by atoms with Crippen molar-refractivity contribution in [1.29, 1.82) is 0 Å². The molecule has 0 radical (unpaired) electrons. The minimum atomic E-state index is -1.14. The second-order valence-electron chi connectivity index (χ2n) is 4.21. The van der Waals surface area contributed by atoms with E-state index in [1.807, 2.05) is 24.3 Å². The van der Waals surface area contributed by atoms with Crippen molar-refractivity contribution in [3.05, 3.63) is 24.3 Å². The molecule has 0 aliphatic carbocycles.